The molecule has 0 unspecified atom stereocenters. The van der Waals surface area contributed by atoms with Crippen molar-refractivity contribution in [3.63, 3.8) is 0 Å². The molecule has 0 fully saturated rings. The lowest BCUT2D eigenvalue weighted by molar-refractivity contribution is -0.142. The summed E-state index contributed by atoms with van der Waals surface area (Å²) in [7, 11) is 0. The first-order valence-electron chi connectivity index (χ1n) is 3.38. The van der Waals surface area contributed by atoms with E-state index in [1.807, 2.05) is 0 Å². The van der Waals surface area contributed by atoms with Gasteiger partial charge in [0, 0.05) is 0 Å². The third-order valence-corrected chi connectivity index (χ3v) is 0.654. The average molecular weight is 186 g/mol. The van der Waals surface area contributed by atoms with E-state index in [1.165, 1.54) is 12.2 Å². The number of carbonyl (C=O) groups is 2. The fraction of sp³-hybridized carbons (Fsp3) is 0.250. The Kier molecular flexibility index (Phi) is 10.8. The van der Waals surface area contributed by atoms with Crippen LogP contribution < -0.4 is 5.73 Å². The van der Waals surface area contributed by atoms with Crippen LogP contribution in [0.5, 0.6) is 0 Å². The minimum Gasteiger partial charge on any atom is -0.445 e. The van der Waals surface area contributed by atoms with Crippen LogP contribution in [-0.4, -0.2) is 18.7 Å². The van der Waals surface area contributed by atoms with E-state index in [0.29, 0.717) is 0 Å². The Bertz CT molecular complexity index is 189. The zero-order valence-electron chi connectivity index (χ0n) is 7.19. The number of hydrogen-bond acceptors (Lipinski definition) is 3. The zero-order chi connectivity index (χ0) is 10.7. The van der Waals surface area contributed by atoms with Gasteiger partial charge in [-0.2, -0.15) is 0 Å². The van der Waals surface area contributed by atoms with E-state index in [9.17, 15) is 14.7 Å². The van der Waals surface area contributed by atoms with Gasteiger partial charge in [0.25, 0.3) is 0 Å². The molecule has 0 aromatic rings. The second-order valence-corrected chi connectivity index (χ2v) is 1.78. The molecule has 0 aliphatic heterocycles. The van der Waals surface area contributed by atoms with Crippen LogP contribution in [0, 0.1) is 0 Å². The smallest absolute Gasteiger partial charge is 0.404 e. The number of amides is 1. The Morgan fingerprint density at radius 1 is 1.31 bits per heavy atom. The maximum atomic E-state index is 9.71. The molecular weight excluding hydrogens is 174 g/mol. The molecule has 0 aliphatic rings. The molecule has 0 aliphatic carbocycles. The minimum absolute atomic E-state index is 0.0556. The molecule has 73 valence electrons. The highest BCUT2D eigenvalue weighted by molar-refractivity contribution is 5.67. The van der Waals surface area contributed by atoms with Crippen LogP contribution in [-0.2, 0) is 14.6 Å². The summed E-state index contributed by atoms with van der Waals surface area (Å²) in [5, 5.41) is 9.42. The van der Waals surface area contributed by atoms with Gasteiger partial charge in [0.1, 0.15) is 6.61 Å². The van der Waals surface area contributed by atoms with Crippen LogP contribution in [0.15, 0.2) is 25.3 Å². The van der Waals surface area contributed by atoms with Gasteiger partial charge in [0.15, 0.2) is 0 Å². The van der Waals surface area contributed by atoms with E-state index in [1.54, 1.807) is 0 Å². The van der Waals surface area contributed by atoms with Crippen molar-refractivity contribution >= 4 is 12.1 Å². The lowest BCUT2D eigenvalue weighted by Gasteiger charge is -1.90. The normalized spacial score (nSPS) is 7.38. The summed E-state index contributed by atoms with van der Waals surface area (Å²) in [6.45, 7) is 6.67. The molecule has 0 aromatic heterocycles. The Balaban J connectivity index is 0. The molecule has 0 atom stereocenters. The van der Waals surface area contributed by atoms with Crippen LogP contribution in [0.4, 0.5) is 4.79 Å². The summed E-state index contributed by atoms with van der Waals surface area (Å²) >= 11 is 0. The molecule has 0 heterocycles. The van der Waals surface area contributed by atoms with Crippen molar-refractivity contribution in [3.8, 4) is 0 Å². The van der Waals surface area contributed by atoms with Crippen LogP contribution in [0.3, 0.4) is 0 Å². The van der Waals surface area contributed by atoms with Gasteiger partial charge in [0.2, 0.25) is 0 Å². The van der Waals surface area contributed by atoms with E-state index in [2.05, 4.69) is 23.6 Å². The van der Waals surface area contributed by atoms with E-state index >= 15 is 0 Å². The Morgan fingerprint density at radius 3 is 1.92 bits per heavy atom. The van der Waals surface area contributed by atoms with Crippen molar-refractivity contribution < 1.29 is 19.4 Å². The molecular formula is C8H12NO4. The number of nitrogens with two attached hydrogens (primary N) is 1. The number of ether oxygens (including phenoxy) is 1. The Hall–Kier alpha value is -1.78. The third kappa shape index (κ3) is 25.3. The SMILES string of the molecule is C=CCC([O])=O.C=CCOC(N)=O. The predicted molar refractivity (Wildman–Crippen MR) is 46.2 cm³/mol. The number of rotatable bonds is 4. The fourth-order valence-electron chi connectivity index (χ4n) is 0.259. The first kappa shape index (κ1) is 13.8. The lowest BCUT2D eigenvalue weighted by Crippen LogP contribution is -2.12. The number of primary amides is 1. The summed E-state index contributed by atoms with van der Waals surface area (Å²) in [4.78, 5) is 19.1. The molecule has 0 saturated heterocycles. The Labute approximate surface area is 76.5 Å². The lowest BCUT2D eigenvalue weighted by atomic mass is 10.4. The number of carbonyl (C=O) groups excluding carboxylic acids is 2. The van der Waals surface area contributed by atoms with E-state index in [-0.39, 0.29) is 13.0 Å². The molecule has 2 N–H and O–H groups in total. The highest BCUT2D eigenvalue weighted by atomic mass is 16.5. The third-order valence-electron chi connectivity index (χ3n) is 0.654. The second-order valence-electron chi connectivity index (χ2n) is 1.78. The summed E-state index contributed by atoms with van der Waals surface area (Å²) < 4.78 is 4.21. The maximum absolute atomic E-state index is 9.71. The van der Waals surface area contributed by atoms with Gasteiger partial charge in [0.05, 0.1) is 6.42 Å². The molecule has 5 nitrogen and oxygen atoms in total. The molecule has 0 bridgehead atoms. The molecule has 1 amide bonds. The molecule has 0 spiro atoms. The van der Waals surface area contributed by atoms with Gasteiger partial charge in [-0.3, -0.25) is 0 Å². The molecule has 0 rings (SSSR count). The van der Waals surface area contributed by atoms with Gasteiger partial charge in [-0.1, -0.05) is 18.7 Å². The van der Waals surface area contributed by atoms with Gasteiger partial charge >= 0.3 is 12.1 Å². The van der Waals surface area contributed by atoms with Gasteiger partial charge in [-0.05, 0) is 0 Å². The van der Waals surface area contributed by atoms with Crippen LogP contribution in [0.25, 0.3) is 0 Å². The van der Waals surface area contributed by atoms with Crippen molar-refractivity contribution in [1.29, 1.82) is 0 Å². The molecule has 5 heteroatoms. The summed E-state index contributed by atoms with van der Waals surface area (Å²) in [5.74, 6) is -1.08. The summed E-state index contributed by atoms with van der Waals surface area (Å²) in [5.41, 5.74) is 4.57. The first-order chi connectivity index (χ1) is 6.04. The predicted octanol–water partition coefficient (Wildman–Crippen LogP) is 0.787. The number of hydrogen-bond donors (Lipinski definition) is 1. The van der Waals surface area contributed by atoms with E-state index in [0.717, 1.165) is 0 Å². The second kappa shape index (κ2) is 10.2. The molecule has 0 saturated carbocycles. The van der Waals surface area contributed by atoms with Crippen molar-refractivity contribution in [2.75, 3.05) is 6.61 Å². The standard InChI is InChI=1S/C4H7NO2.C4H5O2/c1-2-3-7-4(5)6;1-2-3-4(5)6/h2H,1,3H2,(H2,5,6);2H,1,3H2. The van der Waals surface area contributed by atoms with Crippen LogP contribution in [0.2, 0.25) is 0 Å². The van der Waals surface area contributed by atoms with Crippen LogP contribution >= 0.6 is 0 Å². The highest BCUT2D eigenvalue weighted by Gasteiger charge is 1.88. The highest BCUT2D eigenvalue weighted by Crippen LogP contribution is 1.75. The van der Waals surface area contributed by atoms with Crippen LogP contribution in [0.1, 0.15) is 6.42 Å². The van der Waals surface area contributed by atoms with Gasteiger partial charge < -0.3 is 10.5 Å². The molecule has 0 aromatic carbocycles. The fourth-order valence-corrected chi connectivity index (χ4v) is 0.259. The minimum atomic E-state index is -1.08. The first-order valence-corrected chi connectivity index (χ1v) is 3.38. The Morgan fingerprint density at radius 2 is 1.85 bits per heavy atom. The van der Waals surface area contributed by atoms with Crippen molar-refractivity contribution in [2.24, 2.45) is 5.73 Å². The summed E-state index contributed by atoms with van der Waals surface area (Å²) in [6, 6.07) is 0. The monoisotopic (exact) mass is 186 g/mol. The molecule has 1 radical (unpaired) electrons. The van der Waals surface area contributed by atoms with Gasteiger partial charge in [-0.25, -0.2) is 14.7 Å². The quantitative estimate of drug-likeness (QED) is 0.658. The van der Waals surface area contributed by atoms with Gasteiger partial charge in [-0.15, -0.1) is 6.58 Å². The van der Waals surface area contributed by atoms with E-state index in [4.69, 9.17) is 0 Å². The van der Waals surface area contributed by atoms with Crippen molar-refractivity contribution in [2.45, 2.75) is 6.42 Å². The topological polar surface area (TPSA) is 89.3 Å². The largest absolute Gasteiger partial charge is 0.445 e. The van der Waals surface area contributed by atoms with Crippen molar-refractivity contribution in [1.82, 2.24) is 0 Å². The average Bonchev–Trinajstić information content (AvgIpc) is 2.01. The summed E-state index contributed by atoms with van der Waals surface area (Å²) in [6.07, 6.45) is 1.92. The van der Waals surface area contributed by atoms with E-state index < -0.39 is 12.1 Å². The maximum Gasteiger partial charge on any atom is 0.404 e. The molecule has 13 heavy (non-hydrogen) atoms. The van der Waals surface area contributed by atoms with Crippen molar-refractivity contribution in [3.05, 3.63) is 25.3 Å². The zero-order valence-corrected chi connectivity index (χ0v) is 7.19.